The summed E-state index contributed by atoms with van der Waals surface area (Å²) < 4.78 is 6.69. The molecule has 0 bridgehead atoms. The van der Waals surface area contributed by atoms with Crippen molar-refractivity contribution in [1.82, 2.24) is 9.30 Å². The highest BCUT2D eigenvalue weighted by Crippen LogP contribution is 1.95. The van der Waals surface area contributed by atoms with Gasteiger partial charge in [0.2, 0.25) is 5.75 Å². The van der Waals surface area contributed by atoms with Gasteiger partial charge in [-0.2, -0.15) is 0 Å². The van der Waals surface area contributed by atoms with Crippen LogP contribution in [0.3, 0.4) is 0 Å². The van der Waals surface area contributed by atoms with E-state index in [1.54, 1.807) is 6.92 Å². The second-order valence-corrected chi connectivity index (χ2v) is 2.61. The van der Waals surface area contributed by atoms with E-state index in [4.69, 9.17) is 9.57 Å². The van der Waals surface area contributed by atoms with Gasteiger partial charge in [-0.25, -0.2) is 4.79 Å². The molecule has 1 heterocycles. The Morgan fingerprint density at radius 2 is 2.07 bits per heavy atom. The molecule has 0 N–H and O–H groups in total. The largest absolute Gasteiger partial charge is 0.490 e. The van der Waals surface area contributed by atoms with Crippen molar-refractivity contribution in [2.45, 2.75) is 6.92 Å². The number of hydrogen-bond acceptors (Lipinski definition) is 4. The number of nitrogens with zero attached hydrogens (tertiary/aromatic N) is 2. The summed E-state index contributed by atoms with van der Waals surface area (Å²) in [6.45, 7) is 1.92. The van der Waals surface area contributed by atoms with Crippen molar-refractivity contribution in [1.29, 1.82) is 0 Å². The molecule has 0 fully saturated rings. The Hall–Kier alpha value is -1.72. The van der Waals surface area contributed by atoms with Crippen LogP contribution < -0.4 is 20.8 Å². The van der Waals surface area contributed by atoms with Crippen molar-refractivity contribution in [2.75, 3.05) is 13.7 Å². The van der Waals surface area contributed by atoms with Crippen LogP contribution in [0.1, 0.15) is 6.92 Å². The molecule has 0 atom stereocenters. The molecule has 0 saturated carbocycles. The number of methoxy groups -OCH3 is 1. The number of rotatable bonds is 3. The third-order valence-electron chi connectivity index (χ3n) is 1.66. The standard InChI is InChI=1S/C8H12N2O4/c1-4-14-10-7(11)6(13-3)5-9(2)8(10)12/h5H,4H2,1-3H3. The molecule has 6 nitrogen and oxygen atoms in total. The number of ether oxygens (including phenoxy) is 1. The molecule has 0 aromatic carbocycles. The van der Waals surface area contributed by atoms with Gasteiger partial charge in [-0.1, -0.05) is 4.73 Å². The van der Waals surface area contributed by atoms with Crippen LogP contribution >= 0.6 is 0 Å². The van der Waals surface area contributed by atoms with E-state index in [9.17, 15) is 9.59 Å². The Morgan fingerprint density at radius 3 is 2.57 bits per heavy atom. The normalized spacial score (nSPS) is 9.93. The molecule has 0 aliphatic rings. The van der Waals surface area contributed by atoms with E-state index < -0.39 is 11.2 Å². The van der Waals surface area contributed by atoms with Gasteiger partial charge in [0.1, 0.15) is 6.61 Å². The van der Waals surface area contributed by atoms with Crippen molar-refractivity contribution in [3.05, 3.63) is 27.0 Å². The SMILES string of the molecule is CCOn1c(=O)c(OC)cn(C)c1=O. The molecule has 1 rings (SSSR count). The summed E-state index contributed by atoms with van der Waals surface area (Å²) in [6, 6.07) is 0. The molecule has 0 amide bonds. The lowest BCUT2D eigenvalue weighted by atomic mass is 10.6. The molecule has 0 spiro atoms. The first-order chi connectivity index (χ1) is 6.61. The topological polar surface area (TPSA) is 62.5 Å². The summed E-state index contributed by atoms with van der Waals surface area (Å²) in [5.74, 6) is 0.0700. The van der Waals surface area contributed by atoms with E-state index >= 15 is 0 Å². The molecular weight excluding hydrogens is 188 g/mol. The molecule has 0 aliphatic heterocycles. The lowest BCUT2D eigenvalue weighted by Crippen LogP contribution is -2.42. The summed E-state index contributed by atoms with van der Waals surface area (Å²) in [5.41, 5.74) is -1.12. The van der Waals surface area contributed by atoms with Gasteiger partial charge in [0.25, 0.3) is 0 Å². The first kappa shape index (κ1) is 10.4. The predicted octanol–water partition coefficient (Wildman–Crippen LogP) is -0.996. The molecule has 0 aliphatic carbocycles. The Bertz CT molecular complexity index is 432. The third kappa shape index (κ3) is 1.63. The Morgan fingerprint density at radius 1 is 1.43 bits per heavy atom. The minimum atomic E-state index is -0.586. The van der Waals surface area contributed by atoms with Gasteiger partial charge in [0.15, 0.2) is 0 Å². The first-order valence-electron chi connectivity index (χ1n) is 4.11. The number of aryl methyl sites for hydroxylation is 1. The molecule has 1 aromatic heterocycles. The van der Waals surface area contributed by atoms with E-state index in [1.807, 2.05) is 0 Å². The van der Waals surface area contributed by atoms with Gasteiger partial charge in [-0.15, -0.1) is 0 Å². The van der Waals surface area contributed by atoms with Gasteiger partial charge >= 0.3 is 11.2 Å². The highest BCUT2D eigenvalue weighted by atomic mass is 16.7. The quantitative estimate of drug-likeness (QED) is 0.628. The summed E-state index contributed by atoms with van der Waals surface area (Å²) in [4.78, 5) is 27.7. The first-order valence-corrected chi connectivity index (χ1v) is 4.11. The zero-order chi connectivity index (χ0) is 10.7. The van der Waals surface area contributed by atoms with E-state index in [1.165, 1.54) is 24.9 Å². The van der Waals surface area contributed by atoms with Crippen LogP contribution in [0.15, 0.2) is 15.8 Å². The maximum Gasteiger partial charge on any atom is 0.364 e. The molecular formula is C8H12N2O4. The minimum absolute atomic E-state index is 0.0700. The van der Waals surface area contributed by atoms with Crippen molar-refractivity contribution in [2.24, 2.45) is 7.05 Å². The Kier molecular flexibility index (Phi) is 2.95. The van der Waals surface area contributed by atoms with Crippen molar-refractivity contribution in [3.63, 3.8) is 0 Å². The lowest BCUT2D eigenvalue weighted by Gasteiger charge is -2.08. The minimum Gasteiger partial charge on any atom is -0.490 e. The molecule has 6 heteroatoms. The monoisotopic (exact) mass is 200 g/mol. The van der Waals surface area contributed by atoms with E-state index in [0.29, 0.717) is 4.73 Å². The van der Waals surface area contributed by atoms with Crippen LogP contribution in [0.5, 0.6) is 5.75 Å². The number of aromatic nitrogens is 2. The van der Waals surface area contributed by atoms with Crippen molar-refractivity contribution in [3.8, 4) is 5.75 Å². The molecule has 78 valence electrons. The summed E-state index contributed by atoms with van der Waals surface area (Å²) in [7, 11) is 2.87. The molecule has 1 aromatic rings. The Labute approximate surface area is 80.3 Å². The van der Waals surface area contributed by atoms with Crippen LogP contribution in [-0.4, -0.2) is 23.0 Å². The highest BCUT2D eigenvalue weighted by Gasteiger charge is 2.09. The van der Waals surface area contributed by atoms with Crippen LogP contribution in [-0.2, 0) is 7.05 Å². The Balaban J connectivity index is 3.45. The molecule has 0 saturated heterocycles. The fourth-order valence-corrected chi connectivity index (χ4v) is 0.999. The number of hydrogen-bond donors (Lipinski definition) is 0. The summed E-state index contributed by atoms with van der Waals surface area (Å²) >= 11 is 0. The van der Waals surface area contributed by atoms with Gasteiger partial charge < -0.3 is 9.57 Å². The van der Waals surface area contributed by atoms with Crippen LogP contribution in [0.2, 0.25) is 0 Å². The van der Waals surface area contributed by atoms with E-state index in [0.717, 1.165) is 0 Å². The van der Waals surface area contributed by atoms with Crippen molar-refractivity contribution >= 4 is 0 Å². The third-order valence-corrected chi connectivity index (χ3v) is 1.66. The van der Waals surface area contributed by atoms with Gasteiger partial charge in [-0.05, 0) is 6.92 Å². The predicted molar refractivity (Wildman–Crippen MR) is 49.6 cm³/mol. The zero-order valence-corrected chi connectivity index (χ0v) is 8.31. The van der Waals surface area contributed by atoms with Crippen LogP contribution in [0, 0.1) is 0 Å². The smallest absolute Gasteiger partial charge is 0.364 e. The maximum absolute atomic E-state index is 11.5. The summed E-state index contributed by atoms with van der Waals surface area (Å²) in [5, 5.41) is 0. The average Bonchev–Trinajstić information content (AvgIpc) is 2.18. The second kappa shape index (κ2) is 3.99. The molecule has 14 heavy (non-hydrogen) atoms. The van der Waals surface area contributed by atoms with Gasteiger partial charge in [0.05, 0.1) is 13.3 Å². The van der Waals surface area contributed by atoms with E-state index in [2.05, 4.69) is 0 Å². The summed E-state index contributed by atoms with van der Waals surface area (Å²) in [6.07, 6.45) is 1.32. The van der Waals surface area contributed by atoms with Gasteiger partial charge in [-0.3, -0.25) is 9.36 Å². The van der Waals surface area contributed by atoms with Gasteiger partial charge in [0, 0.05) is 7.05 Å². The highest BCUT2D eigenvalue weighted by molar-refractivity contribution is 5.11. The maximum atomic E-state index is 11.5. The molecule has 0 unspecified atom stereocenters. The van der Waals surface area contributed by atoms with Crippen LogP contribution in [0.4, 0.5) is 0 Å². The molecule has 0 radical (unpaired) electrons. The van der Waals surface area contributed by atoms with E-state index in [-0.39, 0.29) is 12.4 Å². The lowest BCUT2D eigenvalue weighted by molar-refractivity contribution is 0.0961. The van der Waals surface area contributed by atoms with Crippen LogP contribution in [0.25, 0.3) is 0 Å². The average molecular weight is 200 g/mol. The van der Waals surface area contributed by atoms with Crippen molar-refractivity contribution < 1.29 is 9.57 Å². The zero-order valence-electron chi connectivity index (χ0n) is 8.31. The second-order valence-electron chi connectivity index (χ2n) is 2.61. The fourth-order valence-electron chi connectivity index (χ4n) is 0.999. The fraction of sp³-hybridized carbons (Fsp3) is 0.500.